The number of benzene rings is 1. The number of nitrogens with zero attached hydrogens (tertiary/aromatic N) is 3. The number of nitriles is 1. The molecule has 2 rings (SSSR count). The first-order valence-corrected chi connectivity index (χ1v) is 7.33. The Bertz CT molecular complexity index is 653. The van der Waals surface area contributed by atoms with Gasteiger partial charge in [0, 0.05) is 25.2 Å². The van der Waals surface area contributed by atoms with E-state index in [1.54, 1.807) is 30.0 Å². The molecule has 0 radical (unpaired) electrons. The van der Waals surface area contributed by atoms with E-state index in [0.29, 0.717) is 29.8 Å². The van der Waals surface area contributed by atoms with Crippen molar-refractivity contribution < 1.29 is 19.8 Å². The molecule has 23 heavy (non-hydrogen) atoms. The van der Waals surface area contributed by atoms with Crippen LogP contribution in [0.4, 0.5) is 4.79 Å². The number of carbonyl (C=O) groups excluding carboxylic acids is 1. The Morgan fingerprint density at radius 1 is 1.39 bits per heavy atom. The molecule has 0 saturated carbocycles. The van der Waals surface area contributed by atoms with E-state index in [9.17, 15) is 14.7 Å². The molecule has 0 bridgehead atoms. The number of aliphatic hydroxyl groups is 1. The molecule has 1 atom stereocenters. The highest BCUT2D eigenvalue weighted by atomic mass is 16.4. The number of carboxylic acid groups (broad SMARTS) is 1. The zero-order valence-electron chi connectivity index (χ0n) is 12.9. The number of piperazine rings is 1. The molecule has 7 heteroatoms. The number of aliphatic hydroxyl groups excluding tert-OH is 1. The number of hydrogen-bond acceptors (Lipinski definition) is 5. The van der Waals surface area contributed by atoms with Gasteiger partial charge >= 0.3 is 6.09 Å². The average Bonchev–Trinajstić information content (AvgIpc) is 2.55. The minimum absolute atomic E-state index is 0.0917. The lowest BCUT2D eigenvalue weighted by atomic mass is 9.99. The molecule has 0 spiro atoms. The van der Waals surface area contributed by atoms with Crippen LogP contribution in [0.5, 0.6) is 0 Å². The van der Waals surface area contributed by atoms with E-state index >= 15 is 0 Å². The van der Waals surface area contributed by atoms with E-state index in [0.717, 1.165) is 0 Å². The zero-order chi connectivity index (χ0) is 17.0. The summed E-state index contributed by atoms with van der Waals surface area (Å²) in [6.07, 6.45) is -1.02. The van der Waals surface area contributed by atoms with Gasteiger partial charge in [-0.25, -0.2) is 4.79 Å². The topological polar surface area (TPSA) is 105 Å². The molecule has 0 aromatic heterocycles. The van der Waals surface area contributed by atoms with Gasteiger partial charge in [0.05, 0.1) is 30.8 Å². The van der Waals surface area contributed by atoms with Crippen molar-refractivity contribution in [1.82, 2.24) is 9.80 Å². The molecule has 1 aliphatic rings. The minimum atomic E-state index is -1.02. The standard InChI is InChI=1S/C16H19N3O4/c1-11-12(7-17)3-2-4-14(11)15(21)9-18-5-6-19(16(22)23)8-13(18)10-20/h2-4,13,20H,5-6,8-10H2,1H3,(H,22,23)/t13-/m1/s1. The number of rotatable bonds is 4. The van der Waals surface area contributed by atoms with E-state index in [1.807, 2.05) is 0 Å². The number of ketones is 1. The molecular formula is C16H19N3O4. The van der Waals surface area contributed by atoms with Crippen LogP contribution < -0.4 is 0 Å². The highest BCUT2D eigenvalue weighted by molar-refractivity contribution is 5.99. The molecule has 7 nitrogen and oxygen atoms in total. The van der Waals surface area contributed by atoms with Crippen molar-refractivity contribution in [2.75, 3.05) is 32.8 Å². The first-order valence-electron chi connectivity index (χ1n) is 7.33. The Morgan fingerprint density at radius 3 is 2.74 bits per heavy atom. The van der Waals surface area contributed by atoms with Crippen molar-refractivity contribution >= 4 is 11.9 Å². The molecule has 1 saturated heterocycles. The second kappa shape index (κ2) is 7.22. The fraction of sp³-hybridized carbons (Fsp3) is 0.438. The lowest BCUT2D eigenvalue weighted by molar-refractivity contribution is 0.0400. The van der Waals surface area contributed by atoms with Gasteiger partial charge in [-0.15, -0.1) is 0 Å². The summed E-state index contributed by atoms with van der Waals surface area (Å²) in [6.45, 7) is 2.48. The van der Waals surface area contributed by atoms with E-state index in [-0.39, 0.29) is 25.5 Å². The summed E-state index contributed by atoms with van der Waals surface area (Å²) in [6, 6.07) is 6.67. The van der Waals surface area contributed by atoms with Crippen LogP contribution in [0.25, 0.3) is 0 Å². The second-order valence-corrected chi connectivity index (χ2v) is 5.55. The Labute approximate surface area is 134 Å². The van der Waals surface area contributed by atoms with Gasteiger partial charge in [-0.1, -0.05) is 12.1 Å². The second-order valence-electron chi connectivity index (χ2n) is 5.55. The largest absolute Gasteiger partial charge is 0.465 e. The lowest BCUT2D eigenvalue weighted by Gasteiger charge is -2.39. The molecule has 1 amide bonds. The van der Waals surface area contributed by atoms with Crippen LogP contribution in [0, 0.1) is 18.3 Å². The number of amides is 1. The maximum absolute atomic E-state index is 12.5. The first kappa shape index (κ1) is 16.9. The fourth-order valence-electron chi connectivity index (χ4n) is 2.78. The third kappa shape index (κ3) is 3.67. The summed E-state index contributed by atoms with van der Waals surface area (Å²) < 4.78 is 0. The minimum Gasteiger partial charge on any atom is -0.465 e. The predicted molar refractivity (Wildman–Crippen MR) is 82.3 cm³/mol. The summed E-state index contributed by atoms with van der Waals surface area (Å²) in [4.78, 5) is 26.6. The molecule has 2 N–H and O–H groups in total. The van der Waals surface area contributed by atoms with Crippen LogP contribution >= 0.6 is 0 Å². The van der Waals surface area contributed by atoms with Gasteiger partial charge in [-0.2, -0.15) is 5.26 Å². The average molecular weight is 317 g/mol. The van der Waals surface area contributed by atoms with Gasteiger partial charge in [0.25, 0.3) is 0 Å². The third-order valence-corrected chi connectivity index (χ3v) is 4.19. The van der Waals surface area contributed by atoms with Crippen molar-refractivity contribution in [1.29, 1.82) is 5.26 Å². The highest BCUT2D eigenvalue weighted by Crippen LogP contribution is 2.16. The molecule has 1 fully saturated rings. The summed E-state index contributed by atoms with van der Waals surface area (Å²) in [5.41, 5.74) is 1.59. The molecule has 1 aromatic rings. The normalized spacial score (nSPS) is 18.5. The molecule has 1 aromatic carbocycles. The lowest BCUT2D eigenvalue weighted by Crippen LogP contribution is -2.56. The molecule has 1 heterocycles. The third-order valence-electron chi connectivity index (χ3n) is 4.19. The Hall–Kier alpha value is -2.43. The predicted octanol–water partition coefficient (Wildman–Crippen LogP) is 0.706. The zero-order valence-corrected chi connectivity index (χ0v) is 12.9. The quantitative estimate of drug-likeness (QED) is 0.792. The summed E-state index contributed by atoms with van der Waals surface area (Å²) in [7, 11) is 0. The van der Waals surface area contributed by atoms with Gasteiger partial charge < -0.3 is 15.1 Å². The van der Waals surface area contributed by atoms with Crippen molar-refractivity contribution in [3.8, 4) is 6.07 Å². The van der Waals surface area contributed by atoms with Gasteiger partial charge in [0.1, 0.15) is 0 Å². The highest BCUT2D eigenvalue weighted by Gasteiger charge is 2.30. The van der Waals surface area contributed by atoms with Gasteiger partial charge in [0.15, 0.2) is 5.78 Å². The van der Waals surface area contributed by atoms with Crippen LogP contribution in [0.2, 0.25) is 0 Å². The van der Waals surface area contributed by atoms with Gasteiger partial charge in [0.2, 0.25) is 0 Å². The van der Waals surface area contributed by atoms with E-state index in [2.05, 4.69) is 6.07 Å². The summed E-state index contributed by atoms with van der Waals surface area (Å²) >= 11 is 0. The number of Topliss-reactive ketones (excluding diaryl/α,β-unsaturated/α-hetero) is 1. The number of hydrogen-bond donors (Lipinski definition) is 2. The van der Waals surface area contributed by atoms with Crippen LogP contribution in [0.1, 0.15) is 21.5 Å². The maximum atomic E-state index is 12.5. The Balaban J connectivity index is 2.11. The van der Waals surface area contributed by atoms with Crippen LogP contribution in [0.3, 0.4) is 0 Å². The smallest absolute Gasteiger partial charge is 0.407 e. The fourth-order valence-corrected chi connectivity index (χ4v) is 2.78. The van der Waals surface area contributed by atoms with Crippen molar-refractivity contribution in [3.63, 3.8) is 0 Å². The monoisotopic (exact) mass is 317 g/mol. The Morgan fingerprint density at radius 2 is 2.13 bits per heavy atom. The summed E-state index contributed by atoms with van der Waals surface area (Å²) in [5.74, 6) is -0.137. The van der Waals surface area contributed by atoms with E-state index in [4.69, 9.17) is 10.4 Å². The molecule has 1 aliphatic heterocycles. The SMILES string of the molecule is Cc1c(C#N)cccc1C(=O)CN1CCN(C(=O)O)C[C@@H]1CO. The Kier molecular flexibility index (Phi) is 5.32. The maximum Gasteiger partial charge on any atom is 0.407 e. The van der Waals surface area contributed by atoms with Gasteiger partial charge in [-0.3, -0.25) is 9.69 Å². The van der Waals surface area contributed by atoms with Gasteiger partial charge in [-0.05, 0) is 18.6 Å². The van der Waals surface area contributed by atoms with Crippen molar-refractivity contribution in [2.45, 2.75) is 13.0 Å². The molecule has 0 unspecified atom stereocenters. The first-order chi connectivity index (χ1) is 11.0. The van der Waals surface area contributed by atoms with Crippen LogP contribution in [-0.4, -0.2) is 70.7 Å². The van der Waals surface area contributed by atoms with Crippen LogP contribution in [0.15, 0.2) is 18.2 Å². The van der Waals surface area contributed by atoms with Crippen molar-refractivity contribution in [2.24, 2.45) is 0 Å². The molecular weight excluding hydrogens is 298 g/mol. The van der Waals surface area contributed by atoms with E-state index < -0.39 is 12.1 Å². The summed E-state index contributed by atoms with van der Waals surface area (Å²) in [5, 5.41) is 27.5. The molecule has 122 valence electrons. The van der Waals surface area contributed by atoms with Crippen molar-refractivity contribution in [3.05, 3.63) is 34.9 Å². The van der Waals surface area contributed by atoms with E-state index in [1.165, 1.54) is 4.90 Å². The molecule has 0 aliphatic carbocycles. The van der Waals surface area contributed by atoms with Crippen LogP contribution in [-0.2, 0) is 0 Å². The number of carbonyl (C=O) groups is 2.